The van der Waals surface area contributed by atoms with Crippen molar-refractivity contribution in [1.82, 2.24) is 0 Å². The highest BCUT2D eigenvalue weighted by Crippen LogP contribution is 2.67. The Morgan fingerprint density at radius 3 is 2.33 bits per heavy atom. The van der Waals surface area contributed by atoms with Crippen molar-refractivity contribution < 1.29 is 4.79 Å². The summed E-state index contributed by atoms with van der Waals surface area (Å²) in [5.74, 6) is 2.89. The average Bonchev–Trinajstić information content (AvgIpc) is 2.34. The summed E-state index contributed by atoms with van der Waals surface area (Å²) in [6.07, 6.45) is 3.50. The van der Waals surface area contributed by atoms with Crippen LogP contribution in [-0.4, -0.2) is 5.94 Å². The second-order valence-corrected chi connectivity index (χ2v) is 5.07. The van der Waals surface area contributed by atoms with Gasteiger partial charge in [-0.3, -0.25) is 0 Å². The lowest BCUT2D eigenvalue weighted by Crippen LogP contribution is -2.28. The van der Waals surface area contributed by atoms with Crippen molar-refractivity contribution in [3.05, 3.63) is 5.57 Å². The number of allylic oxidation sites excluding steroid dienone is 1. The highest BCUT2D eigenvalue weighted by molar-refractivity contribution is 5.58. The van der Waals surface area contributed by atoms with Crippen LogP contribution in [0.15, 0.2) is 5.57 Å². The number of hydrogen-bond donors (Lipinski definition) is 0. The highest BCUT2D eigenvalue weighted by Gasteiger charge is 2.59. The zero-order valence-corrected chi connectivity index (χ0v) is 8.11. The summed E-state index contributed by atoms with van der Waals surface area (Å²) in [7, 11) is 0. The van der Waals surface area contributed by atoms with Gasteiger partial charge in [0.1, 0.15) is 5.94 Å². The molecule has 0 aromatic rings. The third-order valence-corrected chi connectivity index (χ3v) is 4.68. The fourth-order valence-corrected chi connectivity index (χ4v) is 3.12. The summed E-state index contributed by atoms with van der Waals surface area (Å²) in [6, 6.07) is 0. The van der Waals surface area contributed by atoms with Gasteiger partial charge in [-0.2, -0.15) is 0 Å². The first-order chi connectivity index (χ1) is 5.52. The molecule has 66 valence electrons. The van der Waals surface area contributed by atoms with E-state index in [9.17, 15) is 4.79 Å². The Labute approximate surface area is 73.8 Å². The lowest BCUT2D eigenvalue weighted by atomic mass is 9.69. The second-order valence-electron chi connectivity index (χ2n) is 5.07. The van der Waals surface area contributed by atoms with E-state index in [1.165, 1.54) is 12.8 Å². The van der Waals surface area contributed by atoms with E-state index in [1.807, 2.05) is 0 Å². The van der Waals surface area contributed by atoms with E-state index >= 15 is 0 Å². The normalized spacial score (nSPS) is 43.2. The van der Waals surface area contributed by atoms with Gasteiger partial charge in [-0.1, -0.05) is 20.8 Å². The van der Waals surface area contributed by atoms with Crippen LogP contribution < -0.4 is 0 Å². The maximum atomic E-state index is 10.7. The number of fused-ring (bicyclic) bond motifs is 2. The monoisotopic (exact) mass is 164 g/mol. The number of hydrogen-bond acceptors (Lipinski definition) is 1. The molecular formula is C11H16O. The van der Waals surface area contributed by atoms with Crippen LogP contribution in [-0.2, 0) is 4.79 Å². The van der Waals surface area contributed by atoms with Gasteiger partial charge in [0.05, 0.1) is 0 Å². The number of rotatable bonds is 0. The van der Waals surface area contributed by atoms with Gasteiger partial charge in [-0.25, -0.2) is 4.79 Å². The lowest BCUT2D eigenvalue weighted by Gasteiger charge is -2.34. The maximum absolute atomic E-state index is 10.7. The van der Waals surface area contributed by atoms with Crippen LogP contribution in [0.25, 0.3) is 0 Å². The Morgan fingerprint density at radius 1 is 1.42 bits per heavy atom. The summed E-state index contributed by atoms with van der Waals surface area (Å²) in [4.78, 5) is 10.7. The predicted molar refractivity (Wildman–Crippen MR) is 48.4 cm³/mol. The molecule has 2 bridgehead atoms. The molecule has 0 aliphatic heterocycles. The topological polar surface area (TPSA) is 17.1 Å². The molecule has 0 saturated heterocycles. The summed E-state index contributed by atoms with van der Waals surface area (Å²) in [5, 5.41) is 0. The molecule has 0 heterocycles. The van der Waals surface area contributed by atoms with E-state index in [4.69, 9.17) is 0 Å². The molecule has 0 amide bonds. The largest absolute Gasteiger partial charge is 0.234 e. The molecule has 0 spiro atoms. The molecule has 2 fully saturated rings. The predicted octanol–water partition coefficient (Wildman–Crippen LogP) is 2.59. The first-order valence-electron chi connectivity index (χ1n) is 4.77. The third-order valence-electron chi connectivity index (χ3n) is 4.68. The van der Waals surface area contributed by atoms with Crippen molar-refractivity contribution in [3.8, 4) is 0 Å². The third kappa shape index (κ3) is 0.641. The maximum Gasteiger partial charge on any atom is 0.124 e. The molecule has 2 aliphatic carbocycles. The minimum absolute atomic E-state index is 0.166. The highest BCUT2D eigenvalue weighted by atomic mass is 16.1. The molecular weight excluding hydrogens is 148 g/mol. The van der Waals surface area contributed by atoms with E-state index in [2.05, 4.69) is 26.7 Å². The average molecular weight is 164 g/mol. The molecule has 0 radical (unpaired) electrons. The number of carbonyl (C=O) groups excluding carboxylic acids is 1. The minimum atomic E-state index is 0.166. The van der Waals surface area contributed by atoms with E-state index in [0.717, 1.165) is 17.9 Å². The molecule has 0 aromatic heterocycles. The van der Waals surface area contributed by atoms with Gasteiger partial charge >= 0.3 is 0 Å². The first-order valence-corrected chi connectivity index (χ1v) is 4.77. The molecule has 12 heavy (non-hydrogen) atoms. The zero-order valence-electron chi connectivity index (χ0n) is 8.11. The molecule has 1 nitrogen and oxygen atoms in total. The molecule has 2 aliphatic rings. The van der Waals surface area contributed by atoms with Crippen LogP contribution in [0.2, 0.25) is 0 Å². The van der Waals surface area contributed by atoms with E-state index in [0.29, 0.717) is 5.41 Å². The molecule has 0 N–H and O–H groups in total. The molecule has 0 unspecified atom stereocenters. The van der Waals surface area contributed by atoms with Crippen molar-refractivity contribution in [1.29, 1.82) is 0 Å². The van der Waals surface area contributed by atoms with Gasteiger partial charge in [-0.15, -0.1) is 0 Å². The van der Waals surface area contributed by atoms with Crippen LogP contribution in [0.1, 0.15) is 40.0 Å². The molecule has 2 atom stereocenters. The fourth-order valence-electron chi connectivity index (χ4n) is 3.12. The van der Waals surface area contributed by atoms with Gasteiger partial charge < -0.3 is 0 Å². The quantitative estimate of drug-likeness (QED) is 0.503. The van der Waals surface area contributed by atoms with Crippen LogP contribution >= 0.6 is 0 Å². The van der Waals surface area contributed by atoms with Crippen LogP contribution in [0, 0.1) is 16.7 Å². The SMILES string of the molecule is CC1(C)[C@@H]2CC[C@@]1(C)C(=C=O)C2. The van der Waals surface area contributed by atoms with Crippen molar-refractivity contribution in [2.24, 2.45) is 16.7 Å². The Morgan fingerprint density at radius 2 is 2.08 bits per heavy atom. The molecule has 0 aromatic carbocycles. The fraction of sp³-hybridized carbons (Fsp3) is 0.818. The Kier molecular flexibility index (Phi) is 1.36. The van der Waals surface area contributed by atoms with Crippen LogP contribution in [0.4, 0.5) is 0 Å². The van der Waals surface area contributed by atoms with Crippen molar-refractivity contribution in [2.45, 2.75) is 40.0 Å². The van der Waals surface area contributed by atoms with Crippen molar-refractivity contribution in [2.75, 3.05) is 0 Å². The van der Waals surface area contributed by atoms with Gasteiger partial charge in [0.15, 0.2) is 0 Å². The van der Waals surface area contributed by atoms with Gasteiger partial charge in [0.25, 0.3) is 0 Å². The summed E-state index contributed by atoms with van der Waals surface area (Å²) >= 11 is 0. The van der Waals surface area contributed by atoms with Crippen LogP contribution in [0.3, 0.4) is 0 Å². The zero-order chi connectivity index (χ0) is 8.98. The summed E-state index contributed by atoms with van der Waals surface area (Å²) in [5.41, 5.74) is 1.54. The Balaban J connectivity index is 2.53. The smallest absolute Gasteiger partial charge is 0.124 e. The summed E-state index contributed by atoms with van der Waals surface area (Å²) < 4.78 is 0. The molecule has 1 heteroatoms. The van der Waals surface area contributed by atoms with Crippen LogP contribution in [0.5, 0.6) is 0 Å². The minimum Gasteiger partial charge on any atom is -0.234 e. The van der Waals surface area contributed by atoms with E-state index < -0.39 is 0 Å². The molecule has 2 saturated carbocycles. The molecule has 2 rings (SSSR count). The second kappa shape index (κ2) is 2.03. The Hall–Kier alpha value is -0.550. The first kappa shape index (κ1) is 8.07. The van der Waals surface area contributed by atoms with Crippen molar-refractivity contribution in [3.63, 3.8) is 0 Å². The Bertz CT molecular complexity index is 271. The van der Waals surface area contributed by atoms with Gasteiger partial charge in [0.2, 0.25) is 0 Å². The van der Waals surface area contributed by atoms with E-state index in [-0.39, 0.29) is 5.41 Å². The van der Waals surface area contributed by atoms with Gasteiger partial charge in [0, 0.05) is 11.0 Å². The summed E-state index contributed by atoms with van der Waals surface area (Å²) in [6.45, 7) is 6.84. The van der Waals surface area contributed by atoms with Gasteiger partial charge in [-0.05, 0) is 30.6 Å². The van der Waals surface area contributed by atoms with E-state index in [1.54, 1.807) is 0 Å². The van der Waals surface area contributed by atoms with Crippen molar-refractivity contribution >= 4 is 5.94 Å². The lowest BCUT2D eigenvalue weighted by molar-refractivity contribution is 0.180. The standard InChI is InChI=1S/C11H16O/c1-10(2)8-4-5-11(10,3)9(6-8)7-12/h8H,4-6H2,1-3H3/t8-,11+/m1/s1.